The molecule has 1 aromatic carbocycles. The van der Waals surface area contributed by atoms with Crippen LogP contribution in [0.5, 0.6) is 0 Å². The monoisotopic (exact) mass is 329 g/mol. The van der Waals surface area contributed by atoms with Gasteiger partial charge < -0.3 is 14.8 Å². The van der Waals surface area contributed by atoms with Crippen LogP contribution in [0.3, 0.4) is 0 Å². The fraction of sp³-hybridized carbons (Fsp3) is 0.500. The molecular formula is C14H20BrNO3. The maximum atomic E-state index is 11.5. The van der Waals surface area contributed by atoms with E-state index in [1.807, 2.05) is 32.0 Å². The maximum absolute atomic E-state index is 11.5. The van der Waals surface area contributed by atoms with Gasteiger partial charge in [0.2, 0.25) is 0 Å². The molecule has 1 aromatic rings. The topological polar surface area (TPSA) is 47.6 Å². The van der Waals surface area contributed by atoms with E-state index in [0.717, 1.165) is 15.7 Å². The van der Waals surface area contributed by atoms with Crippen molar-refractivity contribution in [2.45, 2.75) is 26.5 Å². The first-order chi connectivity index (χ1) is 9.01. The van der Waals surface area contributed by atoms with Crippen LogP contribution >= 0.6 is 15.9 Å². The molecule has 0 aliphatic rings. The largest absolute Gasteiger partial charge is 0.469 e. The van der Waals surface area contributed by atoms with Crippen LogP contribution in [0.25, 0.3) is 0 Å². The van der Waals surface area contributed by atoms with E-state index in [4.69, 9.17) is 9.47 Å². The Hall–Kier alpha value is -1.07. The van der Waals surface area contributed by atoms with Crippen LogP contribution < -0.4 is 5.32 Å². The van der Waals surface area contributed by atoms with Crippen molar-refractivity contribution in [3.63, 3.8) is 0 Å². The standard InChI is InChI=1S/C14H20BrNO3/c1-9(14(17)19-4)10(2)16-13-7-5-6-12(15)11(13)8-18-3/h5-7,9-10,16H,8H2,1-4H3. The minimum absolute atomic E-state index is 0.0302. The van der Waals surface area contributed by atoms with Gasteiger partial charge in [0.25, 0.3) is 0 Å². The molecule has 2 atom stereocenters. The Morgan fingerprint density at radius 2 is 2.05 bits per heavy atom. The number of nitrogens with one attached hydrogen (secondary N) is 1. The smallest absolute Gasteiger partial charge is 0.310 e. The normalized spacial score (nSPS) is 13.7. The minimum atomic E-state index is -0.223. The third-order valence-electron chi connectivity index (χ3n) is 3.11. The molecular weight excluding hydrogens is 310 g/mol. The summed E-state index contributed by atoms with van der Waals surface area (Å²) in [7, 11) is 3.06. The van der Waals surface area contributed by atoms with Gasteiger partial charge in [-0.2, -0.15) is 0 Å². The molecule has 106 valence electrons. The summed E-state index contributed by atoms with van der Waals surface area (Å²) in [5.41, 5.74) is 1.99. The van der Waals surface area contributed by atoms with Gasteiger partial charge in [0.1, 0.15) is 0 Å². The molecule has 0 fully saturated rings. The summed E-state index contributed by atoms with van der Waals surface area (Å²) in [6, 6.07) is 5.85. The molecule has 0 aromatic heterocycles. The number of carbonyl (C=O) groups is 1. The Balaban J connectivity index is 2.87. The molecule has 4 nitrogen and oxygen atoms in total. The SMILES string of the molecule is COCc1c(Br)cccc1NC(C)C(C)C(=O)OC. The molecule has 0 amide bonds. The third-order valence-corrected chi connectivity index (χ3v) is 3.86. The van der Waals surface area contributed by atoms with Gasteiger partial charge in [-0.1, -0.05) is 22.0 Å². The van der Waals surface area contributed by atoms with Crippen LogP contribution in [0.2, 0.25) is 0 Å². The van der Waals surface area contributed by atoms with Crippen molar-refractivity contribution in [1.29, 1.82) is 0 Å². The second-order valence-electron chi connectivity index (χ2n) is 4.44. The Morgan fingerprint density at radius 1 is 1.37 bits per heavy atom. The number of carbonyl (C=O) groups excluding carboxylic acids is 1. The van der Waals surface area contributed by atoms with Crippen LogP contribution in [0.15, 0.2) is 22.7 Å². The van der Waals surface area contributed by atoms with E-state index in [-0.39, 0.29) is 17.9 Å². The van der Waals surface area contributed by atoms with Crippen molar-refractivity contribution >= 4 is 27.6 Å². The van der Waals surface area contributed by atoms with Gasteiger partial charge in [0.05, 0.1) is 19.6 Å². The lowest BCUT2D eigenvalue weighted by Gasteiger charge is -2.22. The van der Waals surface area contributed by atoms with Crippen molar-refractivity contribution in [1.82, 2.24) is 0 Å². The van der Waals surface area contributed by atoms with Crippen molar-refractivity contribution in [3.8, 4) is 0 Å². The molecule has 0 saturated carbocycles. The maximum Gasteiger partial charge on any atom is 0.310 e. The van der Waals surface area contributed by atoms with E-state index >= 15 is 0 Å². The number of hydrogen-bond acceptors (Lipinski definition) is 4. The second kappa shape index (κ2) is 7.50. The van der Waals surface area contributed by atoms with E-state index in [0.29, 0.717) is 6.61 Å². The third kappa shape index (κ3) is 4.21. The zero-order valence-electron chi connectivity index (χ0n) is 11.7. The highest BCUT2D eigenvalue weighted by atomic mass is 79.9. The van der Waals surface area contributed by atoms with Crippen molar-refractivity contribution in [2.24, 2.45) is 5.92 Å². The van der Waals surface area contributed by atoms with Crippen LogP contribution in [-0.2, 0) is 20.9 Å². The van der Waals surface area contributed by atoms with Crippen LogP contribution in [-0.4, -0.2) is 26.2 Å². The summed E-state index contributed by atoms with van der Waals surface area (Å²) >= 11 is 3.51. The molecule has 0 saturated heterocycles. The fourth-order valence-corrected chi connectivity index (χ4v) is 2.23. The highest BCUT2D eigenvalue weighted by Gasteiger charge is 2.21. The lowest BCUT2D eigenvalue weighted by molar-refractivity contribution is -0.145. The van der Waals surface area contributed by atoms with Gasteiger partial charge in [0.15, 0.2) is 0 Å². The Morgan fingerprint density at radius 3 is 2.63 bits per heavy atom. The van der Waals surface area contributed by atoms with Gasteiger partial charge in [-0.25, -0.2) is 0 Å². The molecule has 0 aliphatic carbocycles. The van der Waals surface area contributed by atoms with E-state index < -0.39 is 0 Å². The van der Waals surface area contributed by atoms with E-state index in [1.165, 1.54) is 7.11 Å². The molecule has 0 bridgehead atoms. The average Bonchev–Trinajstić information content (AvgIpc) is 2.40. The molecule has 1 rings (SSSR count). The Bertz CT molecular complexity index is 437. The first-order valence-electron chi connectivity index (χ1n) is 6.12. The van der Waals surface area contributed by atoms with Crippen LogP contribution in [0, 0.1) is 5.92 Å². The number of methoxy groups -OCH3 is 2. The summed E-state index contributed by atoms with van der Waals surface area (Å²) in [6.07, 6.45) is 0. The summed E-state index contributed by atoms with van der Waals surface area (Å²) < 4.78 is 10.9. The summed E-state index contributed by atoms with van der Waals surface area (Å²) in [5.74, 6) is -0.442. The Labute approximate surface area is 122 Å². The average molecular weight is 330 g/mol. The molecule has 2 unspecified atom stereocenters. The lowest BCUT2D eigenvalue weighted by atomic mass is 10.0. The van der Waals surface area contributed by atoms with Gasteiger partial charge in [-0.15, -0.1) is 0 Å². The molecule has 0 aliphatic heterocycles. The zero-order chi connectivity index (χ0) is 14.4. The highest BCUT2D eigenvalue weighted by Crippen LogP contribution is 2.27. The molecule has 19 heavy (non-hydrogen) atoms. The molecule has 0 spiro atoms. The van der Waals surface area contributed by atoms with Gasteiger partial charge in [0, 0.05) is 28.9 Å². The number of esters is 1. The molecule has 1 N–H and O–H groups in total. The predicted molar refractivity (Wildman–Crippen MR) is 79.1 cm³/mol. The molecule has 0 heterocycles. The van der Waals surface area contributed by atoms with E-state index in [9.17, 15) is 4.79 Å². The first-order valence-corrected chi connectivity index (χ1v) is 6.91. The van der Waals surface area contributed by atoms with E-state index in [1.54, 1.807) is 7.11 Å². The van der Waals surface area contributed by atoms with Gasteiger partial charge in [-0.3, -0.25) is 4.79 Å². The number of benzene rings is 1. The van der Waals surface area contributed by atoms with Crippen molar-refractivity contribution in [3.05, 3.63) is 28.2 Å². The Kier molecular flexibility index (Phi) is 6.31. The number of hydrogen-bond donors (Lipinski definition) is 1. The van der Waals surface area contributed by atoms with Crippen LogP contribution in [0.4, 0.5) is 5.69 Å². The summed E-state index contributed by atoms with van der Waals surface area (Å²) in [4.78, 5) is 11.5. The zero-order valence-corrected chi connectivity index (χ0v) is 13.3. The number of rotatable bonds is 6. The van der Waals surface area contributed by atoms with Crippen molar-refractivity contribution in [2.75, 3.05) is 19.5 Å². The fourth-order valence-electron chi connectivity index (χ4n) is 1.75. The van der Waals surface area contributed by atoms with E-state index in [2.05, 4.69) is 21.2 Å². The minimum Gasteiger partial charge on any atom is -0.469 e. The highest BCUT2D eigenvalue weighted by molar-refractivity contribution is 9.10. The van der Waals surface area contributed by atoms with Crippen molar-refractivity contribution < 1.29 is 14.3 Å². The molecule has 0 radical (unpaired) electrons. The predicted octanol–water partition coefficient (Wildman–Crippen LogP) is 3.21. The number of ether oxygens (including phenoxy) is 2. The lowest BCUT2D eigenvalue weighted by Crippen LogP contribution is -2.31. The number of anilines is 1. The number of halogens is 1. The second-order valence-corrected chi connectivity index (χ2v) is 5.30. The quantitative estimate of drug-likeness (QED) is 0.814. The first kappa shape index (κ1) is 16.0. The van der Waals surface area contributed by atoms with Gasteiger partial charge >= 0.3 is 5.97 Å². The summed E-state index contributed by atoms with van der Waals surface area (Å²) in [6.45, 7) is 4.31. The summed E-state index contributed by atoms with van der Waals surface area (Å²) in [5, 5.41) is 3.34. The van der Waals surface area contributed by atoms with Crippen LogP contribution in [0.1, 0.15) is 19.4 Å². The molecule has 5 heteroatoms. The van der Waals surface area contributed by atoms with Gasteiger partial charge in [-0.05, 0) is 26.0 Å².